The summed E-state index contributed by atoms with van der Waals surface area (Å²) in [6, 6.07) is 5.36. The largest absolute Gasteiger partial charge is 0.387 e. The minimum Gasteiger partial charge on any atom is -0.387 e. The van der Waals surface area contributed by atoms with Gasteiger partial charge in [-0.3, -0.25) is 0 Å². The average Bonchev–Trinajstić information content (AvgIpc) is 2.15. The molecule has 0 spiro atoms. The lowest BCUT2D eigenvalue weighted by atomic mass is 9.96. The molecule has 0 heterocycles. The summed E-state index contributed by atoms with van der Waals surface area (Å²) in [6.45, 7) is 5.96. The minimum atomic E-state index is -0.652. The summed E-state index contributed by atoms with van der Waals surface area (Å²) >= 11 is 5.99. The quantitative estimate of drug-likeness (QED) is 0.834. The van der Waals surface area contributed by atoms with Crippen molar-refractivity contribution >= 4 is 11.6 Å². The van der Waals surface area contributed by atoms with Gasteiger partial charge >= 0.3 is 0 Å². The van der Waals surface area contributed by atoms with Crippen LogP contribution in [0.15, 0.2) is 18.2 Å². The maximum Gasteiger partial charge on any atom is 0.0938 e. The standard InChI is InChI=1S/C12H18ClNO/c1-7(2)9-4-10(6-11(13)5-9)12(15)8(3)14/h4-8,12,15H,14H2,1-3H3. The SMILES string of the molecule is CC(C)c1cc(Cl)cc(C(O)C(C)N)c1. The Labute approximate surface area is 96.1 Å². The molecule has 15 heavy (non-hydrogen) atoms. The topological polar surface area (TPSA) is 46.2 Å². The van der Waals surface area contributed by atoms with Gasteiger partial charge in [0.2, 0.25) is 0 Å². The van der Waals surface area contributed by atoms with Crippen LogP contribution in [-0.4, -0.2) is 11.1 Å². The predicted octanol–water partition coefficient (Wildman–Crippen LogP) is 2.84. The number of halogens is 1. The maximum absolute atomic E-state index is 9.84. The molecule has 3 N–H and O–H groups in total. The van der Waals surface area contributed by atoms with Crippen molar-refractivity contribution in [2.24, 2.45) is 5.73 Å². The second kappa shape index (κ2) is 4.97. The van der Waals surface area contributed by atoms with Gasteiger partial charge in [-0.2, -0.15) is 0 Å². The average molecular weight is 228 g/mol. The van der Waals surface area contributed by atoms with Crippen LogP contribution in [0.25, 0.3) is 0 Å². The zero-order chi connectivity index (χ0) is 11.6. The lowest BCUT2D eigenvalue weighted by Gasteiger charge is -2.17. The molecule has 1 aromatic rings. The normalized spacial score (nSPS) is 15.4. The second-order valence-corrected chi connectivity index (χ2v) is 4.71. The van der Waals surface area contributed by atoms with Gasteiger partial charge in [0.1, 0.15) is 0 Å². The third kappa shape index (κ3) is 3.20. The van der Waals surface area contributed by atoms with Gasteiger partial charge < -0.3 is 10.8 Å². The van der Waals surface area contributed by atoms with E-state index < -0.39 is 6.10 Å². The number of aliphatic hydroxyl groups is 1. The Morgan fingerprint density at radius 2 is 1.67 bits per heavy atom. The molecule has 2 atom stereocenters. The van der Waals surface area contributed by atoms with Gasteiger partial charge in [-0.15, -0.1) is 0 Å². The van der Waals surface area contributed by atoms with Crippen LogP contribution in [0.5, 0.6) is 0 Å². The fraction of sp³-hybridized carbons (Fsp3) is 0.500. The van der Waals surface area contributed by atoms with E-state index in [2.05, 4.69) is 13.8 Å². The summed E-state index contributed by atoms with van der Waals surface area (Å²) in [5.41, 5.74) is 7.57. The van der Waals surface area contributed by atoms with Crippen LogP contribution < -0.4 is 5.73 Å². The van der Waals surface area contributed by atoms with Gasteiger partial charge in [0.15, 0.2) is 0 Å². The Kier molecular flexibility index (Phi) is 4.14. The van der Waals surface area contributed by atoms with Crippen molar-refractivity contribution in [3.8, 4) is 0 Å². The number of nitrogens with two attached hydrogens (primary N) is 1. The summed E-state index contributed by atoms with van der Waals surface area (Å²) in [7, 11) is 0. The van der Waals surface area contributed by atoms with E-state index in [1.165, 1.54) is 0 Å². The Bertz CT molecular complexity index is 336. The van der Waals surface area contributed by atoms with E-state index in [0.29, 0.717) is 10.9 Å². The molecule has 0 aliphatic carbocycles. The Balaban J connectivity index is 3.09. The van der Waals surface area contributed by atoms with E-state index in [1.54, 1.807) is 13.0 Å². The molecular weight excluding hydrogens is 210 g/mol. The minimum absolute atomic E-state index is 0.288. The zero-order valence-corrected chi connectivity index (χ0v) is 10.1. The monoisotopic (exact) mass is 227 g/mol. The molecule has 0 fully saturated rings. The lowest BCUT2D eigenvalue weighted by Crippen LogP contribution is -2.24. The van der Waals surface area contributed by atoms with Crippen molar-refractivity contribution in [2.45, 2.75) is 38.8 Å². The zero-order valence-electron chi connectivity index (χ0n) is 9.37. The van der Waals surface area contributed by atoms with Crippen molar-refractivity contribution in [3.63, 3.8) is 0 Å². The molecule has 0 amide bonds. The fourth-order valence-electron chi connectivity index (χ4n) is 1.44. The van der Waals surface area contributed by atoms with Crippen LogP contribution in [0.3, 0.4) is 0 Å². The highest BCUT2D eigenvalue weighted by Gasteiger charge is 2.14. The number of hydrogen-bond donors (Lipinski definition) is 2. The summed E-state index contributed by atoms with van der Waals surface area (Å²) in [5.74, 6) is 0.391. The smallest absolute Gasteiger partial charge is 0.0938 e. The fourth-order valence-corrected chi connectivity index (χ4v) is 1.70. The van der Waals surface area contributed by atoms with Crippen LogP contribution in [0.2, 0.25) is 5.02 Å². The maximum atomic E-state index is 9.84. The number of aliphatic hydroxyl groups excluding tert-OH is 1. The molecule has 0 aliphatic rings. The first-order valence-corrected chi connectivity index (χ1v) is 5.53. The van der Waals surface area contributed by atoms with Crippen LogP contribution in [-0.2, 0) is 0 Å². The van der Waals surface area contributed by atoms with E-state index in [9.17, 15) is 5.11 Å². The Morgan fingerprint density at radius 3 is 2.13 bits per heavy atom. The van der Waals surface area contributed by atoms with E-state index in [1.807, 2.05) is 12.1 Å². The van der Waals surface area contributed by atoms with Crippen molar-refractivity contribution in [2.75, 3.05) is 0 Å². The van der Waals surface area contributed by atoms with E-state index in [0.717, 1.165) is 11.1 Å². The highest BCUT2D eigenvalue weighted by molar-refractivity contribution is 6.30. The molecule has 0 aromatic heterocycles. The summed E-state index contributed by atoms with van der Waals surface area (Å²) in [5, 5.41) is 10.5. The summed E-state index contributed by atoms with van der Waals surface area (Å²) < 4.78 is 0. The van der Waals surface area contributed by atoms with Gasteiger partial charge in [0.25, 0.3) is 0 Å². The number of rotatable bonds is 3. The molecule has 1 rings (SSSR count). The molecule has 3 heteroatoms. The lowest BCUT2D eigenvalue weighted by molar-refractivity contribution is 0.153. The molecule has 1 aromatic carbocycles. The van der Waals surface area contributed by atoms with Crippen LogP contribution >= 0.6 is 11.6 Å². The molecule has 2 unspecified atom stereocenters. The molecule has 0 bridgehead atoms. The van der Waals surface area contributed by atoms with Gasteiger partial charge in [-0.05, 0) is 36.1 Å². The first kappa shape index (κ1) is 12.5. The van der Waals surface area contributed by atoms with Crippen LogP contribution in [0.1, 0.15) is 43.9 Å². The second-order valence-electron chi connectivity index (χ2n) is 4.28. The van der Waals surface area contributed by atoms with Crippen molar-refractivity contribution in [1.82, 2.24) is 0 Å². The van der Waals surface area contributed by atoms with E-state index in [-0.39, 0.29) is 6.04 Å². The van der Waals surface area contributed by atoms with Gasteiger partial charge in [0.05, 0.1) is 6.10 Å². The Hall–Kier alpha value is -0.570. The highest BCUT2D eigenvalue weighted by atomic mass is 35.5. The highest BCUT2D eigenvalue weighted by Crippen LogP contribution is 2.25. The molecular formula is C12H18ClNO. The van der Waals surface area contributed by atoms with E-state index >= 15 is 0 Å². The summed E-state index contributed by atoms with van der Waals surface area (Å²) in [6.07, 6.45) is -0.652. The summed E-state index contributed by atoms with van der Waals surface area (Å²) in [4.78, 5) is 0. The third-order valence-corrected chi connectivity index (χ3v) is 2.67. The van der Waals surface area contributed by atoms with Crippen molar-refractivity contribution in [3.05, 3.63) is 34.3 Å². The first-order valence-electron chi connectivity index (χ1n) is 5.16. The molecule has 0 saturated carbocycles. The van der Waals surface area contributed by atoms with Crippen LogP contribution in [0.4, 0.5) is 0 Å². The van der Waals surface area contributed by atoms with Crippen molar-refractivity contribution in [1.29, 1.82) is 0 Å². The number of benzene rings is 1. The molecule has 0 aliphatic heterocycles. The third-order valence-electron chi connectivity index (χ3n) is 2.45. The number of hydrogen-bond acceptors (Lipinski definition) is 2. The van der Waals surface area contributed by atoms with Gasteiger partial charge in [-0.1, -0.05) is 31.5 Å². The molecule has 0 saturated heterocycles. The van der Waals surface area contributed by atoms with Crippen molar-refractivity contribution < 1.29 is 5.11 Å². The van der Waals surface area contributed by atoms with Gasteiger partial charge in [0, 0.05) is 11.1 Å². The molecule has 2 nitrogen and oxygen atoms in total. The molecule has 84 valence electrons. The first-order chi connectivity index (χ1) is 6.91. The van der Waals surface area contributed by atoms with E-state index in [4.69, 9.17) is 17.3 Å². The molecule has 0 radical (unpaired) electrons. The van der Waals surface area contributed by atoms with Gasteiger partial charge in [-0.25, -0.2) is 0 Å². The predicted molar refractivity (Wildman–Crippen MR) is 64.2 cm³/mol. The Morgan fingerprint density at radius 1 is 1.13 bits per heavy atom. The van der Waals surface area contributed by atoms with Crippen LogP contribution in [0, 0.1) is 0 Å².